The van der Waals surface area contributed by atoms with Crippen LogP contribution in [0.3, 0.4) is 0 Å². The highest BCUT2D eigenvalue weighted by Gasteiger charge is 2.25. The number of sulfonamides is 1. The van der Waals surface area contributed by atoms with Crippen molar-refractivity contribution in [2.45, 2.75) is 6.61 Å². The average Bonchev–Trinajstić information content (AvgIpc) is 2.77. The molecule has 0 aromatic heterocycles. The number of anilines is 1. The molecular formula is C22H19N3O5S. The van der Waals surface area contributed by atoms with E-state index in [-0.39, 0.29) is 30.6 Å². The van der Waals surface area contributed by atoms with Crippen molar-refractivity contribution in [3.63, 3.8) is 0 Å². The third kappa shape index (κ3) is 5.07. The van der Waals surface area contributed by atoms with Crippen LogP contribution in [0.1, 0.15) is 15.9 Å². The maximum absolute atomic E-state index is 12.4. The summed E-state index contributed by atoms with van der Waals surface area (Å²) >= 11 is 0. The number of fused-ring (bicyclic) bond motifs is 1. The van der Waals surface area contributed by atoms with Crippen molar-refractivity contribution in [1.82, 2.24) is 4.90 Å². The summed E-state index contributed by atoms with van der Waals surface area (Å²) in [7, 11) is -3.44. The minimum atomic E-state index is -3.44. The highest BCUT2D eigenvalue weighted by atomic mass is 32.2. The average molecular weight is 437 g/mol. The number of amidine groups is 1. The molecule has 2 aromatic carbocycles. The standard InChI is InChI=1S/C22H19N3O5S/c26-21(23-19-4-2-1-3-5-19)17-8-6-16(7-9-17)15-30-22(27)18-10-11-20-24-31(28,29)13-12-25(20)14-18/h1-11,14H,12-13,15H2,(H,23,26). The SMILES string of the molecule is O=C(OCc1ccc(C(=O)Nc2ccccc2)cc1)C1=CN2CCS(=O)(=O)N=C2C=C1. The first-order valence-electron chi connectivity index (χ1n) is 9.51. The lowest BCUT2D eigenvalue weighted by Gasteiger charge is -2.26. The normalized spacial score (nSPS) is 16.6. The predicted octanol–water partition coefficient (Wildman–Crippen LogP) is 2.48. The van der Waals surface area contributed by atoms with Crippen molar-refractivity contribution in [2.75, 3.05) is 17.6 Å². The number of hydrogen-bond acceptors (Lipinski definition) is 6. The van der Waals surface area contributed by atoms with Gasteiger partial charge in [0.1, 0.15) is 12.4 Å². The van der Waals surface area contributed by atoms with Gasteiger partial charge in [0.25, 0.3) is 15.9 Å². The van der Waals surface area contributed by atoms with Crippen LogP contribution in [0, 0.1) is 0 Å². The Morgan fingerprint density at radius 3 is 2.52 bits per heavy atom. The van der Waals surface area contributed by atoms with E-state index >= 15 is 0 Å². The second-order valence-electron chi connectivity index (χ2n) is 6.94. The van der Waals surface area contributed by atoms with Crippen LogP contribution in [0.5, 0.6) is 0 Å². The van der Waals surface area contributed by atoms with E-state index in [0.29, 0.717) is 16.8 Å². The molecule has 0 saturated carbocycles. The number of nitrogens with zero attached hydrogens (tertiary/aromatic N) is 2. The molecule has 2 aromatic rings. The van der Waals surface area contributed by atoms with Gasteiger partial charge in [0.2, 0.25) is 0 Å². The molecule has 2 aliphatic heterocycles. The van der Waals surface area contributed by atoms with Crippen molar-refractivity contribution >= 4 is 33.4 Å². The van der Waals surface area contributed by atoms with Crippen LogP contribution in [-0.4, -0.2) is 43.3 Å². The number of para-hydroxylation sites is 1. The fourth-order valence-electron chi connectivity index (χ4n) is 3.03. The van der Waals surface area contributed by atoms with E-state index in [1.165, 1.54) is 18.4 Å². The fourth-order valence-corrected chi connectivity index (χ4v) is 4.00. The van der Waals surface area contributed by atoms with E-state index in [9.17, 15) is 18.0 Å². The molecule has 31 heavy (non-hydrogen) atoms. The minimum absolute atomic E-state index is 0.0416. The number of nitrogens with one attached hydrogen (secondary N) is 1. The van der Waals surface area contributed by atoms with Gasteiger partial charge in [-0.05, 0) is 42.0 Å². The molecule has 4 rings (SSSR count). The molecule has 0 spiro atoms. The summed E-state index contributed by atoms with van der Waals surface area (Å²) in [5, 5.41) is 2.81. The first-order chi connectivity index (χ1) is 14.9. The maximum atomic E-state index is 12.4. The Bertz CT molecular complexity index is 1200. The van der Waals surface area contributed by atoms with E-state index < -0.39 is 16.0 Å². The molecule has 1 N–H and O–H groups in total. The quantitative estimate of drug-likeness (QED) is 0.721. The predicted molar refractivity (Wildman–Crippen MR) is 116 cm³/mol. The van der Waals surface area contributed by atoms with Crippen molar-refractivity contribution in [1.29, 1.82) is 0 Å². The Morgan fingerprint density at radius 1 is 1.03 bits per heavy atom. The molecule has 158 valence electrons. The summed E-state index contributed by atoms with van der Waals surface area (Å²) in [6, 6.07) is 15.9. The third-order valence-corrected chi connectivity index (χ3v) is 5.84. The first kappa shape index (κ1) is 20.5. The van der Waals surface area contributed by atoms with Gasteiger partial charge in [0, 0.05) is 24.0 Å². The van der Waals surface area contributed by atoms with Gasteiger partial charge in [-0.2, -0.15) is 0 Å². The molecule has 8 nitrogen and oxygen atoms in total. The lowest BCUT2D eigenvalue weighted by molar-refractivity contribution is -0.139. The number of amides is 1. The van der Waals surface area contributed by atoms with Gasteiger partial charge in [-0.1, -0.05) is 30.3 Å². The zero-order valence-electron chi connectivity index (χ0n) is 16.4. The summed E-state index contributed by atoms with van der Waals surface area (Å²) in [6.45, 7) is 0.273. The molecule has 0 atom stereocenters. The second-order valence-corrected chi connectivity index (χ2v) is 8.69. The van der Waals surface area contributed by atoms with Crippen molar-refractivity contribution in [2.24, 2.45) is 4.40 Å². The minimum Gasteiger partial charge on any atom is -0.457 e. The molecule has 0 saturated heterocycles. The highest BCUT2D eigenvalue weighted by Crippen LogP contribution is 2.17. The molecular weight excluding hydrogens is 418 g/mol. The number of ether oxygens (including phenoxy) is 1. The Hall–Kier alpha value is -3.72. The van der Waals surface area contributed by atoms with Gasteiger partial charge in [-0.15, -0.1) is 4.40 Å². The van der Waals surface area contributed by atoms with Crippen LogP contribution in [0.2, 0.25) is 0 Å². The van der Waals surface area contributed by atoms with Crippen LogP contribution in [0.4, 0.5) is 5.69 Å². The Labute approximate surface area is 179 Å². The number of benzene rings is 2. The third-order valence-electron chi connectivity index (χ3n) is 4.68. The fraction of sp³-hybridized carbons (Fsp3) is 0.136. The Morgan fingerprint density at radius 2 is 1.77 bits per heavy atom. The van der Waals surface area contributed by atoms with Crippen molar-refractivity contribution < 1.29 is 22.7 Å². The van der Waals surface area contributed by atoms with Gasteiger partial charge in [0.15, 0.2) is 0 Å². The van der Waals surface area contributed by atoms with Crippen LogP contribution < -0.4 is 5.32 Å². The lowest BCUT2D eigenvalue weighted by Crippen LogP contribution is -2.37. The van der Waals surface area contributed by atoms with Crippen LogP contribution >= 0.6 is 0 Å². The van der Waals surface area contributed by atoms with E-state index in [1.54, 1.807) is 41.3 Å². The Balaban J connectivity index is 1.33. The summed E-state index contributed by atoms with van der Waals surface area (Å²) in [6.07, 6.45) is 4.50. The summed E-state index contributed by atoms with van der Waals surface area (Å²) in [4.78, 5) is 26.3. The summed E-state index contributed by atoms with van der Waals surface area (Å²) < 4.78 is 32.1. The molecule has 0 unspecified atom stereocenters. The van der Waals surface area contributed by atoms with Gasteiger partial charge < -0.3 is 15.0 Å². The molecule has 0 radical (unpaired) electrons. The topological polar surface area (TPSA) is 105 Å². The van der Waals surface area contributed by atoms with Crippen LogP contribution in [0.25, 0.3) is 0 Å². The van der Waals surface area contributed by atoms with Crippen LogP contribution in [0.15, 0.2) is 82.9 Å². The van der Waals surface area contributed by atoms with E-state index in [0.717, 1.165) is 5.56 Å². The molecule has 1 amide bonds. The zero-order valence-corrected chi connectivity index (χ0v) is 17.2. The van der Waals surface area contributed by atoms with Gasteiger partial charge >= 0.3 is 5.97 Å². The van der Waals surface area contributed by atoms with Crippen molar-refractivity contribution in [3.8, 4) is 0 Å². The van der Waals surface area contributed by atoms with E-state index in [4.69, 9.17) is 4.74 Å². The van der Waals surface area contributed by atoms with E-state index in [1.807, 2.05) is 18.2 Å². The molecule has 0 bridgehead atoms. The molecule has 0 fully saturated rings. The number of carbonyl (C=O) groups excluding carboxylic acids is 2. The molecule has 2 heterocycles. The highest BCUT2D eigenvalue weighted by molar-refractivity contribution is 7.90. The van der Waals surface area contributed by atoms with Gasteiger partial charge in [-0.25, -0.2) is 13.2 Å². The number of hydrogen-bond donors (Lipinski definition) is 1. The second kappa shape index (κ2) is 8.57. The summed E-state index contributed by atoms with van der Waals surface area (Å²) in [5.41, 5.74) is 2.23. The van der Waals surface area contributed by atoms with Gasteiger partial charge in [0.05, 0.1) is 11.3 Å². The molecule has 2 aliphatic rings. The largest absolute Gasteiger partial charge is 0.457 e. The lowest BCUT2D eigenvalue weighted by atomic mass is 10.1. The molecule has 0 aliphatic carbocycles. The monoisotopic (exact) mass is 437 g/mol. The van der Waals surface area contributed by atoms with E-state index in [2.05, 4.69) is 9.71 Å². The number of rotatable bonds is 5. The number of carbonyl (C=O) groups is 2. The van der Waals surface area contributed by atoms with Crippen LogP contribution in [-0.2, 0) is 26.2 Å². The van der Waals surface area contributed by atoms with Gasteiger partial charge in [-0.3, -0.25) is 4.79 Å². The smallest absolute Gasteiger partial charge is 0.339 e. The maximum Gasteiger partial charge on any atom is 0.339 e. The first-order valence-corrected chi connectivity index (χ1v) is 11.1. The summed E-state index contributed by atoms with van der Waals surface area (Å²) in [5.74, 6) is -0.581. The Kier molecular flexibility index (Phi) is 5.68. The van der Waals surface area contributed by atoms with Crippen molar-refractivity contribution in [3.05, 3.63) is 89.6 Å². The molecule has 9 heteroatoms. The number of esters is 1. The zero-order chi connectivity index (χ0) is 21.8.